The van der Waals surface area contributed by atoms with Gasteiger partial charge in [-0.3, -0.25) is 0 Å². The highest BCUT2D eigenvalue weighted by molar-refractivity contribution is 6.70. The fourth-order valence-corrected chi connectivity index (χ4v) is 3.02. The largest absolute Gasteiger partial charge is 0.462 e. The standard InChI is InChI=1S/C21H25O4Si/c1-5-15(2)14-24-20(22)16-6-10-18(11-7-16)25-21(23)17-8-12-19(13-9-17)26(3)4/h6-13,15H,5,14H2,1-4H3. The van der Waals surface area contributed by atoms with Gasteiger partial charge in [0.1, 0.15) is 5.75 Å². The summed E-state index contributed by atoms with van der Waals surface area (Å²) in [6.45, 7) is 8.89. The lowest BCUT2D eigenvalue weighted by Crippen LogP contribution is -2.22. The zero-order chi connectivity index (χ0) is 19.1. The summed E-state index contributed by atoms with van der Waals surface area (Å²) < 4.78 is 10.6. The van der Waals surface area contributed by atoms with Gasteiger partial charge >= 0.3 is 11.9 Å². The Hall–Kier alpha value is -2.40. The Labute approximate surface area is 156 Å². The van der Waals surface area contributed by atoms with Gasteiger partial charge in [0, 0.05) is 0 Å². The van der Waals surface area contributed by atoms with Crippen LogP contribution in [0.3, 0.4) is 0 Å². The highest BCUT2D eigenvalue weighted by atomic mass is 28.3. The second-order valence-corrected chi connectivity index (χ2v) is 9.18. The number of carbonyl (C=O) groups excluding carboxylic acids is 2. The van der Waals surface area contributed by atoms with Crippen molar-refractivity contribution in [1.29, 1.82) is 0 Å². The van der Waals surface area contributed by atoms with Crippen molar-refractivity contribution in [2.45, 2.75) is 33.4 Å². The lowest BCUT2D eigenvalue weighted by Gasteiger charge is -2.10. The van der Waals surface area contributed by atoms with E-state index >= 15 is 0 Å². The molecule has 2 aromatic carbocycles. The Morgan fingerprint density at radius 3 is 2.00 bits per heavy atom. The summed E-state index contributed by atoms with van der Waals surface area (Å²) in [5, 5.41) is 1.27. The number of rotatable bonds is 7. The van der Waals surface area contributed by atoms with Gasteiger partial charge in [-0.1, -0.05) is 50.7 Å². The number of hydrogen-bond acceptors (Lipinski definition) is 4. The third-order valence-corrected chi connectivity index (χ3v) is 5.68. The summed E-state index contributed by atoms with van der Waals surface area (Å²) in [5.74, 6) is -0.0448. The first-order chi connectivity index (χ1) is 12.4. The minimum absolute atomic E-state index is 0.336. The lowest BCUT2D eigenvalue weighted by molar-refractivity contribution is 0.0447. The molecule has 1 unspecified atom stereocenters. The molecule has 0 aromatic heterocycles. The first-order valence-electron chi connectivity index (χ1n) is 8.80. The van der Waals surface area contributed by atoms with Crippen molar-refractivity contribution in [3.8, 4) is 5.75 Å². The van der Waals surface area contributed by atoms with Crippen molar-refractivity contribution in [1.82, 2.24) is 0 Å². The minimum atomic E-state index is -0.533. The van der Waals surface area contributed by atoms with Crippen molar-refractivity contribution in [2.24, 2.45) is 5.92 Å². The monoisotopic (exact) mass is 369 g/mol. The van der Waals surface area contributed by atoms with Gasteiger partial charge in [0.15, 0.2) is 0 Å². The van der Waals surface area contributed by atoms with E-state index in [2.05, 4.69) is 20.0 Å². The van der Waals surface area contributed by atoms with Crippen LogP contribution >= 0.6 is 0 Å². The van der Waals surface area contributed by atoms with Crippen LogP contribution in [0, 0.1) is 5.92 Å². The molecule has 2 rings (SSSR count). The van der Waals surface area contributed by atoms with Crippen molar-refractivity contribution >= 4 is 25.9 Å². The van der Waals surface area contributed by atoms with Crippen molar-refractivity contribution < 1.29 is 19.1 Å². The van der Waals surface area contributed by atoms with Crippen LogP contribution in [0.5, 0.6) is 5.75 Å². The molecule has 1 atom stereocenters. The molecule has 0 saturated heterocycles. The molecule has 5 heteroatoms. The van der Waals surface area contributed by atoms with E-state index in [0.717, 1.165) is 6.42 Å². The number of carbonyl (C=O) groups is 2. The molecule has 0 aliphatic carbocycles. The summed E-state index contributed by atoms with van der Waals surface area (Å²) >= 11 is 0. The smallest absolute Gasteiger partial charge is 0.343 e. The van der Waals surface area contributed by atoms with Gasteiger partial charge in [0.25, 0.3) is 0 Å². The van der Waals surface area contributed by atoms with E-state index in [1.54, 1.807) is 36.4 Å². The quantitative estimate of drug-likeness (QED) is 0.419. The SMILES string of the molecule is CCC(C)COC(=O)c1ccc(OC(=O)c2ccc([Si](C)C)cc2)cc1. The summed E-state index contributed by atoms with van der Waals surface area (Å²) in [7, 11) is -0.533. The van der Waals surface area contributed by atoms with Crippen LogP contribution in [0.15, 0.2) is 48.5 Å². The molecule has 137 valence electrons. The Morgan fingerprint density at radius 2 is 1.46 bits per heavy atom. The maximum atomic E-state index is 12.2. The third-order valence-electron chi connectivity index (χ3n) is 4.19. The number of esters is 2. The normalized spacial score (nSPS) is 11.9. The van der Waals surface area contributed by atoms with Crippen LogP contribution in [-0.2, 0) is 4.74 Å². The highest BCUT2D eigenvalue weighted by Crippen LogP contribution is 2.15. The van der Waals surface area contributed by atoms with Crippen molar-refractivity contribution in [2.75, 3.05) is 6.61 Å². The molecule has 0 spiro atoms. The molecule has 1 radical (unpaired) electrons. The minimum Gasteiger partial charge on any atom is -0.462 e. The fraction of sp³-hybridized carbons (Fsp3) is 0.333. The lowest BCUT2D eigenvalue weighted by atomic mass is 10.1. The second kappa shape index (κ2) is 9.34. The van der Waals surface area contributed by atoms with Gasteiger partial charge in [-0.05, 0) is 42.3 Å². The molecule has 2 aromatic rings. The van der Waals surface area contributed by atoms with Gasteiger partial charge in [0.2, 0.25) is 0 Å². The van der Waals surface area contributed by atoms with Gasteiger partial charge in [-0.25, -0.2) is 9.59 Å². The fourth-order valence-electron chi connectivity index (χ4n) is 2.18. The average Bonchev–Trinajstić information content (AvgIpc) is 2.66. The van der Waals surface area contributed by atoms with Gasteiger partial charge in [-0.2, -0.15) is 0 Å². The van der Waals surface area contributed by atoms with Gasteiger partial charge in [-0.15, -0.1) is 0 Å². The van der Waals surface area contributed by atoms with E-state index in [0.29, 0.717) is 29.4 Å². The number of ether oxygens (including phenoxy) is 2. The molecule has 26 heavy (non-hydrogen) atoms. The number of hydrogen-bond donors (Lipinski definition) is 0. The number of benzene rings is 2. The van der Waals surface area contributed by atoms with E-state index in [1.165, 1.54) is 5.19 Å². The van der Waals surface area contributed by atoms with Crippen LogP contribution < -0.4 is 9.92 Å². The molecule has 0 amide bonds. The predicted molar refractivity (Wildman–Crippen MR) is 105 cm³/mol. The average molecular weight is 370 g/mol. The zero-order valence-corrected chi connectivity index (χ0v) is 16.7. The van der Waals surface area contributed by atoms with Crippen molar-refractivity contribution in [3.63, 3.8) is 0 Å². The van der Waals surface area contributed by atoms with E-state index in [-0.39, 0.29) is 5.97 Å². The van der Waals surface area contributed by atoms with E-state index in [4.69, 9.17) is 9.47 Å². The molecule has 0 aliphatic heterocycles. The Morgan fingerprint density at radius 1 is 0.923 bits per heavy atom. The van der Waals surface area contributed by atoms with Crippen LogP contribution in [-0.4, -0.2) is 27.3 Å². The van der Waals surface area contributed by atoms with Gasteiger partial charge in [0.05, 0.1) is 26.5 Å². The molecule has 0 N–H and O–H groups in total. The second-order valence-electron chi connectivity index (χ2n) is 6.60. The van der Waals surface area contributed by atoms with Gasteiger partial charge < -0.3 is 9.47 Å². The summed E-state index contributed by atoms with van der Waals surface area (Å²) in [5.41, 5.74) is 0.951. The van der Waals surface area contributed by atoms with Crippen LogP contribution in [0.4, 0.5) is 0 Å². The first kappa shape index (κ1) is 19.9. The van der Waals surface area contributed by atoms with Crippen LogP contribution in [0.25, 0.3) is 0 Å². The van der Waals surface area contributed by atoms with E-state index in [9.17, 15) is 9.59 Å². The maximum absolute atomic E-state index is 12.2. The molecule has 4 nitrogen and oxygen atoms in total. The highest BCUT2D eigenvalue weighted by Gasteiger charge is 2.12. The van der Waals surface area contributed by atoms with Crippen LogP contribution in [0.1, 0.15) is 41.0 Å². The maximum Gasteiger partial charge on any atom is 0.343 e. The van der Waals surface area contributed by atoms with Crippen molar-refractivity contribution in [3.05, 3.63) is 59.7 Å². The summed E-state index contributed by atoms with van der Waals surface area (Å²) in [6.07, 6.45) is 0.960. The molecular weight excluding hydrogens is 344 g/mol. The Kier molecular flexibility index (Phi) is 7.15. The topological polar surface area (TPSA) is 52.6 Å². The molecule has 0 bridgehead atoms. The Bertz CT molecular complexity index is 736. The predicted octanol–water partition coefficient (Wildman–Crippen LogP) is 4.07. The molecular formula is C21H25O4Si. The molecule has 0 saturated carbocycles. The Balaban J connectivity index is 1.95. The molecule has 0 heterocycles. The first-order valence-corrected chi connectivity index (χ1v) is 11.3. The van der Waals surface area contributed by atoms with E-state index < -0.39 is 14.8 Å². The van der Waals surface area contributed by atoms with Crippen LogP contribution in [0.2, 0.25) is 13.1 Å². The third kappa shape index (κ3) is 5.56. The zero-order valence-electron chi connectivity index (χ0n) is 15.7. The summed E-state index contributed by atoms with van der Waals surface area (Å²) in [4.78, 5) is 24.2. The molecule has 0 aliphatic rings. The molecule has 0 fully saturated rings. The summed E-state index contributed by atoms with van der Waals surface area (Å²) in [6, 6.07) is 13.9. The van der Waals surface area contributed by atoms with E-state index in [1.807, 2.05) is 19.1 Å².